The Hall–Kier alpha value is -1.32. The van der Waals surface area contributed by atoms with Gasteiger partial charge in [0.2, 0.25) is 0 Å². The molecule has 3 aliphatic heterocycles. The van der Waals surface area contributed by atoms with Crippen LogP contribution in [-0.4, -0.2) is 42.1 Å². The van der Waals surface area contributed by atoms with Crippen LogP contribution in [0.4, 0.5) is 5.82 Å². The average Bonchev–Trinajstić information content (AvgIpc) is 2.80. The second-order valence-corrected chi connectivity index (χ2v) is 6.16. The highest BCUT2D eigenvalue weighted by Gasteiger charge is 2.30. The molecule has 0 radical (unpaired) electrons. The number of anilines is 1. The Balaban J connectivity index is 1.78. The minimum Gasteiger partial charge on any atom is -0.351 e. The summed E-state index contributed by atoms with van der Waals surface area (Å²) in [5.74, 6) is 0.971. The van der Waals surface area contributed by atoms with E-state index in [1.165, 1.54) is 25.9 Å². The number of halogens is 1. The summed E-state index contributed by atoms with van der Waals surface area (Å²) in [7, 11) is 0. The Bertz CT molecular complexity index is 635. The van der Waals surface area contributed by atoms with E-state index in [4.69, 9.17) is 16.6 Å². The van der Waals surface area contributed by atoms with Crippen LogP contribution in [0.15, 0.2) is 30.3 Å². The molecule has 1 aromatic heterocycles. The zero-order valence-electron chi connectivity index (χ0n) is 11.4. The Morgan fingerprint density at radius 2 is 1.85 bits per heavy atom. The van der Waals surface area contributed by atoms with E-state index in [9.17, 15) is 0 Å². The van der Waals surface area contributed by atoms with Gasteiger partial charge in [-0.15, -0.1) is 0 Å². The van der Waals surface area contributed by atoms with Crippen molar-refractivity contribution < 1.29 is 0 Å². The van der Waals surface area contributed by atoms with Crippen molar-refractivity contribution in [1.82, 2.24) is 9.88 Å². The van der Waals surface area contributed by atoms with Gasteiger partial charge in [0, 0.05) is 37.6 Å². The van der Waals surface area contributed by atoms with Crippen molar-refractivity contribution in [3.63, 3.8) is 0 Å². The second kappa shape index (κ2) is 4.90. The van der Waals surface area contributed by atoms with Gasteiger partial charge < -0.3 is 9.80 Å². The fourth-order valence-electron chi connectivity index (χ4n) is 3.45. The molecule has 4 heteroatoms. The molecule has 3 saturated heterocycles. The van der Waals surface area contributed by atoms with Gasteiger partial charge in [-0.25, -0.2) is 4.98 Å². The van der Waals surface area contributed by atoms with E-state index in [0.29, 0.717) is 6.04 Å². The van der Waals surface area contributed by atoms with E-state index in [1.54, 1.807) is 0 Å². The van der Waals surface area contributed by atoms with Crippen molar-refractivity contribution in [3.8, 4) is 0 Å². The summed E-state index contributed by atoms with van der Waals surface area (Å²) in [6.45, 7) is 4.59. The van der Waals surface area contributed by atoms with E-state index in [0.717, 1.165) is 34.8 Å². The number of nitrogens with zero attached hydrogens (tertiary/aromatic N) is 3. The standard InChI is InChI=1S/C16H18ClN3/c17-14-11-12-3-1-2-4-15(12)18-16(14)20-10-9-19-7-5-13(20)6-8-19/h1-4,11,13H,5-10H2. The molecule has 3 aliphatic rings. The van der Waals surface area contributed by atoms with E-state index in [1.807, 2.05) is 12.1 Å². The van der Waals surface area contributed by atoms with Crippen molar-refractivity contribution in [2.24, 2.45) is 0 Å². The lowest BCUT2D eigenvalue weighted by Gasteiger charge is -2.32. The quantitative estimate of drug-likeness (QED) is 0.803. The first-order valence-electron chi connectivity index (χ1n) is 7.35. The van der Waals surface area contributed by atoms with Crippen LogP contribution in [0.25, 0.3) is 10.9 Å². The van der Waals surface area contributed by atoms with Gasteiger partial charge in [-0.2, -0.15) is 0 Å². The van der Waals surface area contributed by atoms with Crippen molar-refractivity contribution in [1.29, 1.82) is 0 Å². The fourth-order valence-corrected chi connectivity index (χ4v) is 3.71. The molecule has 0 amide bonds. The van der Waals surface area contributed by atoms with Crippen LogP contribution in [0.5, 0.6) is 0 Å². The largest absolute Gasteiger partial charge is 0.351 e. The number of benzene rings is 1. The predicted molar refractivity (Wildman–Crippen MR) is 83.6 cm³/mol. The van der Waals surface area contributed by atoms with E-state index < -0.39 is 0 Å². The fraction of sp³-hybridized carbons (Fsp3) is 0.438. The molecule has 1 aromatic carbocycles. The van der Waals surface area contributed by atoms with Crippen LogP contribution in [0.2, 0.25) is 5.02 Å². The summed E-state index contributed by atoms with van der Waals surface area (Å²) < 4.78 is 0. The lowest BCUT2D eigenvalue weighted by molar-refractivity contribution is 0.250. The van der Waals surface area contributed by atoms with Crippen molar-refractivity contribution in [2.75, 3.05) is 31.1 Å². The summed E-state index contributed by atoms with van der Waals surface area (Å²) in [6.07, 6.45) is 2.45. The average molecular weight is 288 g/mol. The minimum absolute atomic E-state index is 0.597. The highest BCUT2D eigenvalue weighted by molar-refractivity contribution is 6.33. The van der Waals surface area contributed by atoms with Crippen molar-refractivity contribution in [2.45, 2.75) is 18.9 Å². The third kappa shape index (κ3) is 2.05. The number of rotatable bonds is 1. The second-order valence-electron chi connectivity index (χ2n) is 5.75. The molecule has 0 spiro atoms. The van der Waals surface area contributed by atoms with Gasteiger partial charge >= 0.3 is 0 Å². The molecule has 5 rings (SSSR count). The van der Waals surface area contributed by atoms with Crippen molar-refractivity contribution in [3.05, 3.63) is 35.4 Å². The molecular formula is C16H18ClN3. The van der Waals surface area contributed by atoms with E-state index in [2.05, 4.69) is 28.0 Å². The molecule has 104 valence electrons. The maximum absolute atomic E-state index is 6.51. The van der Waals surface area contributed by atoms with Gasteiger partial charge in [0.1, 0.15) is 5.82 Å². The summed E-state index contributed by atoms with van der Waals surface area (Å²) in [6, 6.07) is 10.8. The minimum atomic E-state index is 0.597. The predicted octanol–water partition coefficient (Wildman–Crippen LogP) is 3.17. The third-order valence-corrected chi connectivity index (χ3v) is 4.86. The zero-order valence-corrected chi connectivity index (χ0v) is 12.2. The Morgan fingerprint density at radius 1 is 1.05 bits per heavy atom. The molecule has 2 aromatic rings. The third-order valence-electron chi connectivity index (χ3n) is 4.59. The van der Waals surface area contributed by atoms with Crippen LogP contribution >= 0.6 is 11.6 Å². The molecule has 20 heavy (non-hydrogen) atoms. The molecule has 0 unspecified atom stereocenters. The molecule has 2 bridgehead atoms. The maximum Gasteiger partial charge on any atom is 0.148 e. The molecule has 3 nitrogen and oxygen atoms in total. The first kappa shape index (κ1) is 12.4. The number of hydrogen-bond donors (Lipinski definition) is 0. The zero-order chi connectivity index (χ0) is 13.5. The first-order valence-corrected chi connectivity index (χ1v) is 7.73. The summed E-state index contributed by atoms with van der Waals surface area (Å²) in [4.78, 5) is 9.81. The number of para-hydroxylation sites is 1. The molecule has 0 atom stereocenters. The molecule has 3 fully saturated rings. The number of pyridine rings is 1. The smallest absolute Gasteiger partial charge is 0.148 e. The van der Waals surface area contributed by atoms with Crippen LogP contribution in [-0.2, 0) is 0 Å². The van der Waals surface area contributed by atoms with Crippen LogP contribution < -0.4 is 4.90 Å². The lowest BCUT2D eigenvalue weighted by Crippen LogP contribution is -2.38. The van der Waals surface area contributed by atoms with Gasteiger partial charge in [-0.05, 0) is 25.0 Å². The Morgan fingerprint density at radius 3 is 2.70 bits per heavy atom. The molecule has 0 N–H and O–H groups in total. The van der Waals surface area contributed by atoms with Gasteiger partial charge in [0.15, 0.2) is 0 Å². The summed E-state index contributed by atoms with van der Waals surface area (Å²) >= 11 is 6.51. The SMILES string of the molecule is Clc1cc2ccccc2nc1N1CCN2CCC1CC2. The number of fused-ring (bicyclic) bond motifs is 5. The molecule has 0 aliphatic carbocycles. The topological polar surface area (TPSA) is 19.4 Å². The number of aromatic nitrogens is 1. The molecule has 0 saturated carbocycles. The Labute approximate surface area is 124 Å². The first-order chi connectivity index (χ1) is 9.81. The molecular weight excluding hydrogens is 270 g/mol. The Kier molecular flexibility index (Phi) is 3.04. The summed E-state index contributed by atoms with van der Waals surface area (Å²) in [5.41, 5.74) is 1.03. The van der Waals surface area contributed by atoms with Crippen LogP contribution in [0.1, 0.15) is 12.8 Å². The van der Waals surface area contributed by atoms with Crippen molar-refractivity contribution >= 4 is 28.3 Å². The van der Waals surface area contributed by atoms with Crippen LogP contribution in [0, 0.1) is 0 Å². The van der Waals surface area contributed by atoms with E-state index in [-0.39, 0.29) is 0 Å². The maximum atomic E-state index is 6.51. The van der Waals surface area contributed by atoms with Gasteiger partial charge in [-0.3, -0.25) is 0 Å². The summed E-state index contributed by atoms with van der Waals surface area (Å²) in [5, 5.41) is 1.90. The number of piperidine rings is 1. The van der Waals surface area contributed by atoms with Gasteiger partial charge in [0.05, 0.1) is 10.5 Å². The van der Waals surface area contributed by atoms with Gasteiger partial charge in [-0.1, -0.05) is 29.8 Å². The highest BCUT2D eigenvalue weighted by atomic mass is 35.5. The monoisotopic (exact) mass is 287 g/mol. The highest BCUT2D eigenvalue weighted by Crippen LogP contribution is 2.32. The van der Waals surface area contributed by atoms with Crippen LogP contribution in [0.3, 0.4) is 0 Å². The van der Waals surface area contributed by atoms with E-state index >= 15 is 0 Å². The lowest BCUT2D eigenvalue weighted by atomic mass is 10.1. The number of hydrogen-bond acceptors (Lipinski definition) is 3. The molecule has 4 heterocycles. The van der Waals surface area contributed by atoms with Gasteiger partial charge in [0.25, 0.3) is 0 Å². The normalized spacial score (nSPS) is 25.9.